The zero-order chi connectivity index (χ0) is 13.5. The smallest absolute Gasteiger partial charge is 0.124 e. The zero-order valence-corrected chi connectivity index (χ0v) is 11.8. The normalized spacial score (nSPS) is 12.6. The number of hydrogen-bond donors (Lipinski definition) is 1. The lowest BCUT2D eigenvalue weighted by Gasteiger charge is -2.23. The van der Waals surface area contributed by atoms with Crippen LogP contribution in [0.1, 0.15) is 25.5 Å². The maximum absolute atomic E-state index is 5.92. The molecule has 1 rings (SSSR count). The van der Waals surface area contributed by atoms with E-state index in [0.29, 0.717) is 0 Å². The lowest BCUT2D eigenvalue weighted by Crippen LogP contribution is -2.22. The van der Waals surface area contributed by atoms with Crippen molar-refractivity contribution in [1.82, 2.24) is 5.32 Å². The first-order chi connectivity index (χ1) is 8.62. The Morgan fingerprint density at radius 1 is 1.17 bits per heavy atom. The van der Waals surface area contributed by atoms with E-state index < -0.39 is 0 Å². The summed E-state index contributed by atoms with van der Waals surface area (Å²) in [5.41, 5.74) is 1.000. The van der Waals surface area contributed by atoms with Gasteiger partial charge in [0.15, 0.2) is 0 Å². The molecule has 4 heteroatoms. The van der Waals surface area contributed by atoms with Gasteiger partial charge in [0.2, 0.25) is 0 Å². The summed E-state index contributed by atoms with van der Waals surface area (Å²) < 4.78 is 16.6. The second-order valence-corrected chi connectivity index (χ2v) is 4.34. The molecule has 1 aromatic rings. The van der Waals surface area contributed by atoms with E-state index in [1.54, 1.807) is 14.2 Å². The minimum absolute atomic E-state index is 0.0555. The molecular weight excluding hydrogens is 230 g/mol. The molecule has 0 aromatic heterocycles. The number of benzene rings is 1. The second-order valence-electron chi connectivity index (χ2n) is 4.34. The van der Waals surface area contributed by atoms with Gasteiger partial charge in [0.25, 0.3) is 0 Å². The third-order valence-electron chi connectivity index (χ3n) is 2.61. The fourth-order valence-electron chi connectivity index (χ4n) is 1.84. The summed E-state index contributed by atoms with van der Waals surface area (Å²) in [5.74, 6) is 1.62. The Bertz CT molecular complexity index is 366. The van der Waals surface area contributed by atoms with Crippen LogP contribution in [0.4, 0.5) is 0 Å². The highest BCUT2D eigenvalue weighted by atomic mass is 16.5. The van der Waals surface area contributed by atoms with E-state index in [-0.39, 0.29) is 12.2 Å². The van der Waals surface area contributed by atoms with Crippen LogP contribution in [0.3, 0.4) is 0 Å². The molecule has 1 N–H and O–H groups in total. The average molecular weight is 253 g/mol. The molecule has 102 valence electrons. The minimum Gasteiger partial charge on any atom is -0.497 e. The van der Waals surface area contributed by atoms with Crippen LogP contribution in [0.25, 0.3) is 0 Å². The van der Waals surface area contributed by atoms with Crippen LogP contribution in [0.15, 0.2) is 18.2 Å². The van der Waals surface area contributed by atoms with Crippen molar-refractivity contribution >= 4 is 0 Å². The van der Waals surface area contributed by atoms with E-state index in [9.17, 15) is 0 Å². The number of ether oxygens (including phenoxy) is 3. The van der Waals surface area contributed by atoms with Crippen molar-refractivity contribution in [3.63, 3.8) is 0 Å². The summed E-state index contributed by atoms with van der Waals surface area (Å²) in [7, 11) is 5.22. The minimum atomic E-state index is -0.0555. The van der Waals surface area contributed by atoms with Gasteiger partial charge in [0.1, 0.15) is 11.5 Å². The molecule has 0 amide bonds. The van der Waals surface area contributed by atoms with Crippen LogP contribution in [-0.2, 0) is 4.74 Å². The molecule has 1 atom stereocenters. The maximum atomic E-state index is 5.92. The van der Waals surface area contributed by atoms with Crippen molar-refractivity contribution in [3.8, 4) is 11.5 Å². The molecule has 0 aliphatic carbocycles. The van der Waals surface area contributed by atoms with E-state index in [1.807, 2.05) is 39.1 Å². The molecule has 0 radical (unpaired) electrons. The van der Waals surface area contributed by atoms with Crippen molar-refractivity contribution < 1.29 is 14.2 Å². The predicted octanol–water partition coefficient (Wildman–Crippen LogP) is 2.39. The first-order valence-corrected chi connectivity index (χ1v) is 6.14. The van der Waals surface area contributed by atoms with E-state index in [4.69, 9.17) is 14.2 Å². The molecule has 0 saturated carbocycles. The molecule has 0 aliphatic heterocycles. The van der Waals surface area contributed by atoms with Crippen LogP contribution in [-0.4, -0.2) is 33.9 Å². The van der Waals surface area contributed by atoms with Crippen LogP contribution in [0.5, 0.6) is 11.5 Å². The number of methoxy groups -OCH3 is 2. The third-order valence-corrected chi connectivity index (χ3v) is 2.61. The van der Waals surface area contributed by atoms with Crippen LogP contribution in [0.2, 0.25) is 0 Å². The zero-order valence-electron chi connectivity index (χ0n) is 11.8. The van der Waals surface area contributed by atoms with E-state index in [0.717, 1.165) is 23.6 Å². The van der Waals surface area contributed by atoms with E-state index in [2.05, 4.69) is 5.32 Å². The van der Waals surface area contributed by atoms with Gasteiger partial charge < -0.3 is 19.5 Å². The Kier molecular flexibility index (Phi) is 5.95. The van der Waals surface area contributed by atoms with Crippen LogP contribution in [0, 0.1) is 0 Å². The lowest BCUT2D eigenvalue weighted by molar-refractivity contribution is 0.00684. The molecule has 0 bridgehead atoms. The third kappa shape index (κ3) is 3.89. The van der Waals surface area contributed by atoms with Crippen molar-refractivity contribution in [2.24, 2.45) is 0 Å². The lowest BCUT2D eigenvalue weighted by atomic mass is 10.1. The summed E-state index contributed by atoms with van der Waals surface area (Å²) >= 11 is 0. The number of nitrogens with one attached hydrogen (secondary N) is 1. The Morgan fingerprint density at radius 3 is 2.39 bits per heavy atom. The van der Waals surface area contributed by atoms with Gasteiger partial charge in [-0.25, -0.2) is 0 Å². The summed E-state index contributed by atoms with van der Waals surface area (Å²) in [6.07, 6.45) is 0.0966. The van der Waals surface area contributed by atoms with Gasteiger partial charge in [-0.3, -0.25) is 0 Å². The Morgan fingerprint density at radius 2 is 1.89 bits per heavy atom. The number of hydrogen-bond acceptors (Lipinski definition) is 4. The standard InChI is InChI=1S/C14H23NO3/c1-10(2)18-14(9-15-3)12-8-11(16-4)6-7-13(12)17-5/h6-8,10,14-15H,9H2,1-5H3. The monoisotopic (exact) mass is 253 g/mol. The predicted molar refractivity (Wildman–Crippen MR) is 72.4 cm³/mol. The molecule has 1 unspecified atom stereocenters. The first kappa shape index (κ1) is 14.8. The van der Waals surface area contributed by atoms with Gasteiger partial charge >= 0.3 is 0 Å². The highest BCUT2D eigenvalue weighted by Crippen LogP contribution is 2.31. The van der Waals surface area contributed by atoms with Crippen molar-refractivity contribution in [2.45, 2.75) is 26.1 Å². The van der Waals surface area contributed by atoms with E-state index in [1.165, 1.54) is 0 Å². The molecule has 18 heavy (non-hydrogen) atoms. The molecule has 0 fully saturated rings. The number of rotatable bonds is 7. The summed E-state index contributed by atoms with van der Waals surface area (Å²) in [6.45, 7) is 4.77. The SMILES string of the molecule is CNCC(OC(C)C)c1cc(OC)ccc1OC. The second kappa shape index (κ2) is 7.24. The summed E-state index contributed by atoms with van der Waals surface area (Å²) in [6, 6.07) is 5.75. The Balaban J connectivity index is 3.06. The molecule has 0 saturated heterocycles. The van der Waals surface area contributed by atoms with Gasteiger partial charge in [-0.05, 0) is 39.1 Å². The fraction of sp³-hybridized carbons (Fsp3) is 0.571. The van der Waals surface area contributed by atoms with Gasteiger partial charge in [-0.15, -0.1) is 0 Å². The topological polar surface area (TPSA) is 39.7 Å². The largest absolute Gasteiger partial charge is 0.497 e. The van der Waals surface area contributed by atoms with Gasteiger partial charge in [-0.1, -0.05) is 0 Å². The summed E-state index contributed by atoms with van der Waals surface area (Å²) in [5, 5.41) is 3.14. The van der Waals surface area contributed by atoms with Crippen LogP contribution < -0.4 is 14.8 Å². The Labute approximate surface area is 109 Å². The van der Waals surface area contributed by atoms with Crippen LogP contribution >= 0.6 is 0 Å². The molecule has 0 heterocycles. The van der Waals surface area contributed by atoms with Gasteiger partial charge in [0.05, 0.1) is 26.4 Å². The maximum Gasteiger partial charge on any atom is 0.124 e. The van der Waals surface area contributed by atoms with Crippen molar-refractivity contribution in [3.05, 3.63) is 23.8 Å². The van der Waals surface area contributed by atoms with Crippen molar-refractivity contribution in [1.29, 1.82) is 0 Å². The van der Waals surface area contributed by atoms with Gasteiger partial charge in [0, 0.05) is 12.1 Å². The highest BCUT2D eigenvalue weighted by Gasteiger charge is 2.18. The van der Waals surface area contributed by atoms with Gasteiger partial charge in [-0.2, -0.15) is 0 Å². The first-order valence-electron chi connectivity index (χ1n) is 6.14. The molecule has 1 aromatic carbocycles. The molecule has 0 spiro atoms. The average Bonchev–Trinajstić information content (AvgIpc) is 2.37. The van der Waals surface area contributed by atoms with Crippen molar-refractivity contribution in [2.75, 3.05) is 27.8 Å². The quantitative estimate of drug-likeness (QED) is 0.810. The molecule has 4 nitrogen and oxygen atoms in total. The molecule has 0 aliphatic rings. The van der Waals surface area contributed by atoms with E-state index >= 15 is 0 Å². The molecular formula is C14H23NO3. The fourth-order valence-corrected chi connectivity index (χ4v) is 1.84. The summed E-state index contributed by atoms with van der Waals surface area (Å²) in [4.78, 5) is 0. The highest BCUT2D eigenvalue weighted by molar-refractivity contribution is 5.42. The Hall–Kier alpha value is -1.26. The number of likely N-dealkylation sites (N-methyl/N-ethyl adjacent to an activating group) is 1.